The van der Waals surface area contributed by atoms with Gasteiger partial charge in [0.15, 0.2) is 0 Å². The lowest BCUT2D eigenvalue weighted by Crippen LogP contribution is -2.30. The second-order valence-corrected chi connectivity index (χ2v) is 6.57. The quantitative estimate of drug-likeness (QED) is 0.530. The van der Waals surface area contributed by atoms with Crippen LogP contribution in [0, 0.1) is 5.92 Å². The van der Waals surface area contributed by atoms with Crippen molar-refractivity contribution >= 4 is 12.0 Å². The van der Waals surface area contributed by atoms with Gasteiger partial charge in [0.1, 0.15) is 6.10 Å². The fraction of sp³-hybridized carbons (Fsp3) is 0.778. The Kier molecular flexibility index (Phi) is 10.2. The average Bonchev–Trinajstić information content (AvgIpc) is 2.46. The first-order chi connectivity index (χ1) is 11.1. The van der Waals surface area contributed by atoms with E-state index in [1.54, 1.807) is 0 Å². The minimum Gasteiger partial charge on any atom is -0.442 e. The summed E-state index contributed by atoms with van der Waals surface area (Å²) < 4.78 is 5.39. The molecule has 0 aromatic heterocycles. The van der Waals surface area contributed by atoms with Gasteiger partial charge >= 0.3 is 6.09 Å². The SMILES string of the molecule is CC(C)CCNC(=O)CCCNC(=O)OC1/C=C/CCCCC1. The third-order valence-corrected chi connectivity index (χ3v) is 3.86. The zero-order valence-electron chi connectivity index (χ0n) is 14.6. The molecule has 2 N–H and O–H groups in total. The number of carbonyl (C=O) groups excluding carboxylic acids is 2. The fourth-order valence-corrected chi connectivity index (χ4v) is 2.43. The second-order valence-electron chi connectivity index (χ2n) is 6.57. The van der Waals surface area contributed by atoms with Crippen LogP contribution in [0.2, 0.25) is 0 Å². The molecule has 23 heavy (non-hydrogen) atoms. The van der Waals surface area contributed by atoms with Gasteiger partial charge in [-0.15, -0.1) is 0 Å². The number of allylic oxidation sites excluding steroid dienone is 1. The van der Waals surface area contributed by atoms with Crippen molar-refractivity contribution in [3.8, 4) is 0 Å². The van der Waals surface area contributed by atoms with Gasteiger partial charge in [0.25, 0.3) is 0 Å². The predicted octanol–water partition coefficient (Wildman–Crippen LogP) is 3.54. The number of ether oxygens (including phenoxy) is 1. The molecular weight excluding hydrogens is 292 g/mol. The first-order valence-corrected chi connectivity index (χ1v) is 8.95. The third-order valence-electron chi connectivity index (χ3n) is 3.86. The van der Waals surface area contributed by atoms with E-state index in [1.807, 2.05) is 6.08 Å². The molecule has 1 aliphatic rings. The lowest BCUT2D eigenvalue weighted by atomic mass is 10.0. The molecule has 1 aliphatic carbocycles. The molecule has 0 bridgehead atoms. The normalized spacial score (nSPS) is 19.5. The van der Waals surface area contributed by atoms with E-state index in [4.69, 9.17) is 4.74 Å². The molecule has 0 spiro atoms. The number of nitrogens with one attached hydrogen (secondary N) is 2. The van der Waals surface area contributed by atoms with Crippen LogP contribution in [0.25, 0.3) is 0 Å². The molecule has 2 amide bonds. The maximum atomic E-state index is 11.7. The van der Waals surface area contributed by atoms with Crippen LogP contribution in [0.1, 0.15) is 65.2 Å². The number of hydrogen-bond acceptors (Lipinski definition) is 3. The molecule has 0 saturated carbocycles. The first-order valence-electron chi connectivity index (χ1n) is 8.95. The summed E-state index contributed by atoms with van der Waals surface area (Å²) in [5.74, 6) is 0.637. The molecule has 0 radical (unpaired) electrons. The van der Waals surface area contributed by atoms with Gasteiger partial charge in [0.05, 0.1) is 0 Å². The predicted molar refractivity (Wildman–Crippen MR) is 92.2 cm³/mol. The van der Waals surface area contributed by atoms with Gasteiger partial charge in [-0.1, -0.05) is 26.3 Å². The van der Waals surface area contributed by atoms with E-state index in [9.17, 15) is 9.59 Å². The summed E-state index contributed by atoms with van der Waals surface area (Å²) in [4.78, 5) is 23.3. The standard InChI is InChI=1S/C18H32N2O3/c1-15(2)12-14-19-17(21)11-8-13-20-18(22)23-16-9-6-4-3-5-7-10-16/h6,9,15-16H,3-5,7-8,10-14H2,1-2H3,(H,19,21)(H,20,22)/b9-6+. The molecule has 1 unspecified atom stereocenters. The summed E-state index contributed by atoms with van der Waals surface area (Å²) in [7, 11) is 0. The number of rotatable bonds is 8. The maximum absolute atomic E-state index is 11.7. The van der Waals surface area contributed by atoms with E-state index in [-0.39, 0.29) is 18.1 Å². The van der Waals surface area contributed by atoms with Crippen molar-refractivity contribution in [1.29, 1.82) is 0 Å². The van der Waals surface area contributed by atoms with E-state index >= 15 is 0 Å². The molecule has 5 heteroatoms. The monoisotopic (exact) mass is 324 g/mol. The fourth-order valence-electron chi connectivity index (χ4n) is 2.43. The van der Waals surface area contributed by atoms with Crippen LogP contribution in [0.5, 0.6) is 0 Å². The van der Waals surface area contributed by atoms with Gasteiger partial charge in [-0.25, -0.2) is 4.79 Å². The lowest BCUT2D eigenvalue weighted by molar-refractivity contribution is -0.121. The largest absolute Gasteiger partial charge is 0.442 e. The Morgan fingerprint density at radius 2 is 2.00 bits per heavy atom. The van der Waals surface area contributed by atoms with Gasteiger partial charge in [0.2, 0.25) is 5.91 Å². The topological polar surface area (TPSA) is 67.4 Å². The van der Waals surface area contributed by atoms with Gasteiger partial charge in [-0.3, -0.25) is 4.79 Å². The van der Waals surface area contributed by atoms with Crippen LogP contribution in [-0.2, 0) is 9.53 Å². The Bertz CT molecular complexity index is 380. The molecule has 0 heterocycles. The average molecular weight is 324 g/mol. The summed E-state index contributed by atoms with van der Waals surface area (Å²) >= 11 is 0. The highest BCUT2D eigenvalue weighted by Gasteiger charge is 2.12. The Balaban J connectivity index is 2.06. The molecule has 0 aliphatic heterocycles. The third kappa shape index (κ3) is 10.8. The van der Waals surface area contributed by atoms with Gasteiger partial charge in [0, 0.05) is 19.5 Å². The Morgan fingerprint density at radius 3 is 2.78 bits per heavy atom. The van der Waals surface area contributed by atoms with Crippen LogP contribution in [-0.4, -0.2) is 31.2 Å². The van der Waals surface area contributed by atoms with Gasteiger partial charge in [-0.2, -0.15) is 0 Å². The van der Waals surface area contributed by atoms with E-state index in [1.165, 1.54) is 12.8 Å². The van der Waals surface area contributed by atoms with Crippen molar-refractivity contribution < 1.29 is 14.3 Å². The first kappa shape index (κ1) is 19.5. The highest BCUT2D eigenvalue weighted by molar-refractivity contribution is 5.75. The minimum atomic E-state index is -0.388. The molecule has 0 aromatic rings. The summed E-state index contributed by atoms with van der Waals surface area (Å²) in [5, 5.41) is 5.61. The smallest absolute Gasteiger partial charge is 0.407 e. The van der Waals surface area contributed by atoms with Crippen LogP contribution in [0.4, 0.5) is 4.79 Å². The van der Waals surface area contributed by atoms with Crippen molar-refractivity contribution in [2.45, 2.75) is 71.3 Å². The van der Waals surface area contributed by atoms with Crippen LogP contribution >= 0.6 is 0 Å². The summed E-state index contributed by atoms with van der Waals surface area (Å²) in [5.41, 5.74) is 0. The van der Waals surface area contributed by atoms with Gasteiger partial charge < -0.3 is 15.4 Å². The number of alkyl carbamates (subject to hydrolysis) is 1. The molecule has 1 rings (SSSR count). The zero-order chi connectivity index (χ0) is 16.9. The number of hydrogen-bond donors (Lipinski definition) is 2. The molecule has 5 nitrogen and oxygen atoms in total. The second kappa shape index (κ2) is 12.0. The number of amides is 2. The molecule has 0 aromatic carbocycles. The Hall–Kier alpha value is -1.52. The zero-order valence-corrected chi connectivity index (χ0v) is 14.6. The van der Waals surface area contributed by atoms with Crippen LogP contribution < -0.4 is 10.6 Å². The molecule has 132 valence electrons. The molecule has 1 atom stereocenters. The van der Waals surface area contributed by atoms with E-state index in [0.29, 0.717) is 25.3 Å². The van der Waals surface area contributed by atoms with Crippen molar-refractivity contribution in [2.24, 2.45) is 5.92 Å². The Morgan fingerprint density at radius 1 is 1.17 bits per heavy atom. The van der Waals surface area contributed by atoms with E-state index < -0.39 is 0 Å². The van der Waals surface area contributed by atoms with Crippen molar-refractivity contribution in [1.82, 2.24) is 10.6 Å². The van der Waals surface area contributed by atoms with Crippen LogP contribution in [0.3, 0.4) is 0 Å². The maximum Gasteiger partial charge on any atom is 0.407 e. The molecular formula is C18H32N2O3. The highest BCUT2D eigenvalue weighted by atomic mass is 16.6. The minimum absolute atomic E-state index is 0.0452. The van der Waals surface area contributed by atoms with Crippen molar-refractivity contribution in [2.75, 3.05) is 13.1 Å². The van der Waals surface area contributed by atoms with E-state index in [2.05, 4.69) is 30.6 Å². The van der Waals surface area contributed by atoms with Crippen molar-refractivity contribution in [3.05, 3.63) is 12.2 Å². The summed E-state index contributed by atoms with van der Waals surface area (Å²) in [6.45, 7) is 5.45. The van der Waals surface area contributed by atoms with Crippen molar-refractivity contribution in [3.63, 3.8) is 0 Å². The van der Waals surface area contributed by atoms with E-state index in [0.717, 1.165) is 32.2 Å². The summed E-state index contributed by atoms with van der Waals surface area (Å²) in [6.07, 6.45) is 11.1. The lowest BCUT2D eigenvalue weighted by Gasteiger charge is -2.16. The van der Waals surface area contributed by atoms with Gasteiger partial charge in [-0.05, 0) is 50.5 Å². The highest BCUT2D eigenvalue weighted by Crippen LogP contribution is 2.14. The van der Waals surface area contributed by atoms with Crippen LogP contribution in [0.15, 0.2) is 12.2 Å². The molecule has 0 saturated heterocycles. The number of carbonyl (C=O) groups is 2. The summed E-state index contributed by atoms with van der Waals surface area (Å²) in [6, 6.07) is 0. The molecule has 0 fully saturated rings. The Labute approximate surface area is 140 Å².